The van der Waals surface area contributed by atoms with Gasteiger partial charge >= 0.3 is 12.2 Å². The van der Waals surface area contributed by atoms with Crippen LogP contribution in [-0.2, 0) is 6.18 Å². The number of nitrogens with zero attached hydrogens (tertiary/aromatic N) is 2. The number of nitro groups is 1. The van der Waals surface area contributed by atoms with Crippen LogP contribution in [0.5, 0.6) is 0 Å². The molecule has 0 aliphatic carbocycles. The SMILES string of the molecule is O=C(Nc1ccc(Nc2c3ccccc3nc3cc([N+](=O)[O-])ccc23)cc1)Nc1cccc(C(F)(F)F)c1. The number of alkyl halides is 3. The van der Waals surface area contributed by atoms with Gasteiger partial charge in [0.15, 0.2) is 0 Å². The molecule has 0 unspecified atom stereocenters. The van der Waals surface area contributed by atoms with Gasteiger partial charge in [-0.15, -0.1) is 0 Å². The van der Waals surface area contributed by atoms with Crippen molar-refractivity contribution < 1.29 is 22.9 Å². The average Bonchev–Trinajstić information content (AvgIpc) is 2.89. The predicted octanol–water partition coefficient (Wildman–Crippen LogP) is 7.70. The van der Waals surface area contributed by atoms with Crippen LogP contribution >= 0.6 is 0 Å². The van der Waals surface area contributed by atoms with E-state index in [4.69, 9.17) is 0 Å². The van der Waals surface area contributed by atoms with Crippen molar-refractivity contribution in [1.29, 1.82) is 0 Å². The summed E-state index contributed by atoms with van der Waals surface area (Å²) in [6, 6.07) is 22.2. The minimum atomic E-state index is -4.52. The summed E-state index contributed by atoms with van der Waals surface area (Å²) >= 11 is 0. The Labute approximate surface area is 213 Å². The van der Waals surface area contributed by atoms with Crippen LogP contribution in [0, 0.1) is 10.1 Å². The fraction of sp³-hybridized carbons (Fsp3) is 0.0370. The number of benzene rings is 4. The van der Waals surface area contributed by atoms with E-state index in [2.05, 4.69) is 20.9 Å². The molecule has 0 saturated carbocycles. The van der Waals surface area contributed by atoms with Gasteiger partial charge in [-0.1, -0.05) is 24.3 Å². The second kappa shape index (κ2) is 9.69. The van der Waals surface area contributed by atoms with Crippen LogP contribution in [0.2, 0.25) is 0 Å². The molecule has 38 heavy (non-hydrogen) atoms. The summed E-state index contributed by atoms with van der Waals surface area (Å²) in [7, 11) is 0. The van der Waals surface area contributed by atoms with Crippen LogP contribution in [0.3, 0.4) is 0 Å². The second-order valence-corrected chi connectivity index (χ2v) is 8.32. The number of amides is 2. The average molecular weight is 517 g/mol. The molecule has 0 saturated heterocycles. The zero-order valence-corrected chi connectivity index (χ0v) is 19.4. The van der Waals surface area contributed by atoms with Gasteiger partial charge < -0.3 is 16.0 Å². The largest absolute Gasteiger partial charge is 0.416 e. The Kier molecular flexibility index (Phi) is 6.25. The lowest BCUT2D eigenvalue weighted by Crippen LogP contribution is -2.19. The molecule has 0 atom stereocenters. The summed E-state index contributed by atoms with van der Waals surface area (Å²) in [4.78, 5) is 27.6. The molecular weight excluding hydrogens is 499 g/mol. The minimum absolute atomic E-state index is 0.00675. The molecule has 5 aromatic rings. The molecule has 3 N–H and O–H groups in total. The standard InChI is InChI=1S/C27H18F3N5O3/c28-27(29,30)16-4-3-5-19(14-16)33-26(36)32-18-10-8-17(9-11-18)31-25-21-6-1-2-7-23(21)34-24-15-20(35(37)38)12-13-22(24)25/h1-15H,(H,31,34)(H2,32,33,36). The summed E-state index contributed by atoms with van der Waals surface area (Å²) in [6.07, 6.45) is -4.52. The first kappa shape index (κ1) is 24.5. The van der Waals surface area contributed by atoms with E-state index in [0.717, 1.165) is 17.5 Å². The van der Waals surface area contributed by atoms with Gasteiger partial charge in [-0.2, -0.15) is 13.2 Å². The fourth-order valence-corrected chi connectivity index (χ4v) is 3.98. The van der Waals surface area contributed by atoms with Crippen LogP contribution in [0.1, 0.15) is 5.56 Å². The molecule has 1 aromatic heterocycles. The van der Waals surface area contributed by atoms with Gasteiger partial charge in [-0.3, -0.25) is 10.1 Å². The third kappa shape index (κ3) is 5.16. The molecule has 11 heteroatoms. The van der Waals surface area contributed by atoms with Gasteiger partial charge in [0.1, 0.15) is 0 Å². The van der Waals surface area contributed by atoms with Crippen molar-refractivity contribution in [3.8, 4) is 0 Å². The minimum Gasteiger partial charge on any atom is -0.354 e. The molecule has 4 aromatic carbocycles. The van der Waals surface area contributed by atoms with Gasteiger partial charge in [0.25, 0.3) is 5.69 Å². The number of para-hydroxylation sites is 1. The monoisotopic (exact) mass is 517 g/mol. The first-order chi connectivity index (χ1) is 18.2. The number of aromatic nitrogens is 1. The summed E-state index contributed by atoms with van der Waals surface area (Å²) in [6.45, 7) is 0. The number of hydrogen-bond acceptors (Lipinski definition) is 5. The van der Waals surface area contributed by atoms with Crippen molar-refractivity contribution in [2.45, 2.75) is 6.18 Å². The zero-order chi connectivity index (χ0) is 26.9. The van der Waals surface area contributed by atoms with E-state index in [-0.39, 0.29) is 11.4 Å². The predicted molar refractivity (Wildman–Crippen MR) is 140 cm³/mol. The van der Waals surface area contributed by atoms with Gasteiger partial charge in [-0.05, 0) is 54.6 Å². The number of carbonyl (C=O) groups excluding carboxylic acids is 1. The first-order valence-electron chi connectivity index (χ1n) is 11.3. The number of nitrogens with one attached hydrogen (secondary N) is 3. The molecule has 1 heterocycles. The van der Waals surface area contributed by atoms with E-state index in [1.807, 2.05) is 24.3 Å². The van der Waals surface area contributed by atoms with Gasteiger partial charge in [0.2, 0.25) is 0 Å². The molecule has 0 aliphatic rings. The van der Waals surface area contributed by atoms with E-state index in [1.54, 1.807) is 30.3 Å². The number of nitro benzene ring substituents is 1. The third-order valence-electron chi connectivity index (χ3n) is 5.74. The number of anilines is 4. The van der Waals surface area contributed by atoms with Gasteiger partial charge in [0.05, 0.1) is 27.2 Å². The number of urea groups is 1. The number of fused-ring (bicyclic) bond motifs is 2. The molecule has 2 amide bonds. The molecule has 0 fully saturated rings. The van der Waals surface area contributed by atoms with E-state index < -0.39 is 22.7 Å². The van der Waals surface area contributed by atoms with E-state index in [9.17, 15) is 28.1 Å². The van der Waals surface area contributed by atoms with Crippen molar-refractivity contribution in [1.82, 2.24) is 4.98 Å². The maximum absolute atomic E-state index is 12.9. The Morgan fingerprint density at radius 2 is 1.45 bits per heavy atom. The number of carbonyl (C=O) groups is 1. The molecular formula is C27H18F3N5O3. The van der Waals surface area contributed by atoms with Crippen LogP contribution < -0.4 is 16.0 Å². The van der Waals surface area contributed by atoms with Crippen molar-refractivity contribution in [2.24, 2.45) is 0 Å². The van der Waals surface area contributed by atoms with Crippen molar-refractivity contribution >= 4 is 56.3 Å². The number of halogens is 3. The number of non-ortho nitro benzene ring substituents is 1. The van der Waals surface area contributed by atoms with E-state index in [1.165, 1.54) is 24.3 Å². The summed E-state index contributed by atoms with van der Waals surface area (Å²) in [5, 5.41) is 21.0. The Morgan fingerprint density at radius 1 is 0.763 bits per heavy atom. The summed E-state index contributed by atoms with van der Waals surface area (Å²) < 4.78 is 38.7. The van der Waals surface area contributed by atoms with E-state index >= 15 is 0 Å². The van der Waals surface area contributed by atoms with Crippen molar-refractivity contribution in [2.75, 3.05) is 16.0 Å². The molecule has 0 spiro atoms. The summed E-state index contributed by atoms with van der Waals surface area (Å²) in [5.41, 5.74) is 2.00. The number of hydrogen-bond donors (Lipinski definition) is 3. The Morgan fingerprint density at radius 3 is 2.18 bits per heavy atom. The highest BCUT2D eigenvalue weighted by Gasteiger charge is 2.30. The lowest BCUT2D eigenvalue weighted by Gasteiger charge is -2.14. The normalized spacial score (nSPS) is 11.3. The van der Waals surface area contributed by atoms with Crippen LogP contribution in [-0.4, -0.2) is 15.9 Å². The van der Waals surface area contributed by atoms with E-state index in [0.29, 0.717) is 33.5 Å². The van der Waals surface area contributed by atoms with Crippen LogP contribution in [0.15, 0.2) is 91.0 Å². The second-order valence-electron chi connectivity index (χ2n) is 8.32. The van der Waals surface area contributed by atoms with Crippen LogP contribution in [0.25, 0.3) is 21.8 Å². The molecule has 8 nitrogen and oxygen atoms in total. The highest BCUT2D eigenvalue weighted by atomic mass is 19.4. The molecule has 0 radical (unpaired) electrons. The maximum atomic E-state index is 12.9. The highest BCUT2D eigenvalue weighted by molar-refractivity contribution is 6.09. The molecule has 190 valence electrons. The lowest BCUT2D eigenvalue weighted by atomic mass is 10.1. The Balaban J connectivity index is 1.36. The Hall–Kier alpha value is -5.19. The molecule has 0 aliphatic heterocycles. The number of rotatable bonds is 5. The van der Waals surface area contributed by atoms with Crippen molar-refractivity contribution in [3.63, 3.8) is 0 Å². The third-order valence-corrected chi connectivity index (χ3v) is 5.74. The molecule has 0 bridgehead atoms. The first-order valence-corrected chi connectivity index (χ1v) is 11.3. The zero-order valence-electron chi connectivity index (χ0n) is 19.4. The van der Waals surface area contributed by atoms with Gasteiger partial charge in [0, 0.05) is 40.0 Å². The van der Waals surface area contributed by atoms with Gasteiger partial charge in [-0.25, -0.2) is 9.78 Å². The quantitative estimate of drug-likeness (QED) is 0.126. The van der Waals surface area contributed by atoms with Crippen molar-refractivity contribution in [3.05, 3.63) is 107 Å². The summed E-state index contributed by atoms with van der Waals surface area (Å²) in [5.74, 6) is 0. The van der Waals surface area contributed by atoms with Crippen LogP contribution in [0.4, 0.5) is 46.4 Å². The molecule has 5 rings (SSSR count). The topological polar surface area (TPSA) is 109 Å². The maximum Gasteiger partial charge on any atom is 0.416 e. The lowest BCUT2D eigenvalue weighted by molar-refractivity contribution is -0.384. The number of pyridine rings is 1. The Bertz CT molecular complexity index is 1690. The fourth-order valence-electron chi connectivity index (χ4n) is 3.98. The smallest absolute Gasteiger partial charge is 0.354 e. The highest BCUT2D eigenvalue weighted by Crippen LogP contribution is 2.35.